The van der Waals surface area contributed by atoms with Crippen LogP contribution in [-0.4, -0.2) is 54.0 Å². The molecule has 0 aromatic heterocycles. The van der Waals surface area contributed by atoms with Crippen LogP contribution in [0.1, 0.15) is 32.6 Å². The van der Waals surface area contributed by atoms with E-state index in [1.165, 1.54) is 0 Å². The first-order valence-corrected chi connectivity index (χ1v) is 6.48. The number of carbonyl (C=O) groups excluding carboxylic acids is 2. The molecule has 0 radical (unpaired) electrons. The van der Waals surface area contributed by atoms with Gasteiger partial charge in [-0.25, -0.2) is 4.79 Å². The van der Waals surface area contributed by atoms with Crippen molar-refractivity contribution in [2.75, 3.05) is 26.2 Å². The summed E-state index contributed by atoms with van der Waals surface area (Å²) in [6.07, 6.45) is 3.99. The normalized spacial score (nSPS) is 21.7. The molecule has 2 rings (SSSR count). The maximum Gasteiger partial charge on any atom is 0.317 e. The molecular weight excluding hydrogens is 218 g/mol. The molecule has 2 aliphatic heterocycles. The van der Waals surface area contributed by atoms with Gasteiger partial charge in [-0.2, -0.15) is 0 Å². The molecular formula is C12H21N3O2. The first kappa shape index (κ1) is 12.2. The van der Waals surface area contributed by atoms with Gasteiger partial charge in [0.25, 0.3) is 0 Å². The van der Waals surface area contributed by atoms with Crippen LogP contribution in [0.2, 0.25) is 0 Å². The van der Waals surface area contributed by atoms with Gasteiger partial charge in [0.1, 0.15) is 0 Å². The molecule has 0 saturated carbocycles. The van der Waals surface area contributed by atoms with E-state index in [1.807, 2.05) is 9.80 Å². The van der Waals surface area contributed by atoms with Crippen molar-refractivity contribution < 1.29 is 9.59 Å². The van der Waals surface area contributed by atoms with E-state index in [-0.39, 0.29) is 18.0 Å². The molecule has 2 saturated heterocycles. The zero-order valence-corrected chi connectivity index (χ0v) is 10.4. The second kappa shape index (κ2) is 5.38. The summed E-state index contributed by atoms with van der Waals surface area (Å²) in [6.45, 7) is 4.90. The largest absolute Gasteiger partial charge is 0.343 e. The second-order valence-corrected chi connectivity index (χ2v) is 4.92. The van der Waals surface area contributed by atoms with Gasteiger partial charge < -0.3 is 15.1 Å². The average Bonchev–Trinajstić information content (AvgIpc) is 2.83. The number of urea groups is 1. The van der Waals surface area contributed by atoms with Crippen molar-refractivity contribution >= 4 is 11.9 Å². The van der Waals surface area contributed by atoms with Crippen molar-refractivity contribution in [2.45, 2.75) is 38.6 Å². The van der Waals surface area contributed by atoms with Gasteiger partial charge >= 0.3 is 6.03 Å². The highest BCUT2D eigenvalue weighted by Gasteiger charge is 2.24. The van der Waals surface area contributed by atoms with Gasteiger partial charge in [-0.05, 0) is 25.7 Å². The van der Waals surface area contributed by atoms with Crippen LogP contribution in [0.3, 0.4) is 0 Å². The molecule has 3 amide bonds. The van der Waals surface area contributed by atoms with Crippen LogP contribution in [0.4, 0.5) is 4.79 Å². The van der Waals surface area contributed by atoms with E-state index >= 15 is 0 Å². The highest BCUT2D eigenvalue weighted by molar-refractivity contribution is 5.75. The highest BCUT2D eigenvalue weighted by Crippen LogP contribution is 2.12. The van der Waals surface area contributed by atoms with E-state index in [1.54, 1.807) is 6.92 Å². The number of nitrogens with zero attached hydrogens (tertiary/aromatic N) is 2. The molecule has 0 unspecified atom stereocenters. The van der Waals surface area contributed by atoms with Crippen molar-refractivity contribution in [3.8, 4) is 0 Å². The van der Waals surface area contributed by atoms with Crippen molar-refractivity contribution in [3.63, 3.8) is 0 Å². The second-order valence-electron chi connectivity index (χ2n) is 4.92. The highest BCUT2D eigenvalue weighted by atomic mass is 16.2. The molecule has 0 bridgehead atoms. The molecule has 0 aromatic rings. The Bertz CT molecular complexity index is 292. The first-order chi connectivity index (χ1) is 8.16. The first-order valence-electron chi connectivity index (χ1n) is 6.48. The van der Waals surface area contributed by atoms with E-state index in [2.05, 4.69) is 5.32 Å². The standard InChI is InChI=1S/C12H21N3O2/c1-10(16)14-8-4-11(5-9-14)13-12(17)15-6-2-3-7-15/h11H,2-9H2,1H3,(H,13,17). The van der Waals surface area contributed by atoms with Gasteiger partial charge in [-0.1, -0.05) is 0 Å². The number of hydrogen-bond acceptors (Lipinski definition) is 2. The summed E-state index contributed by atoms with van der Waals surface area (Å²) in [5, 5.41) is 3.07. The third-order valence-corrected chi connectivity index (χ3v) is 3.66. The predicted molar refractivity (Wildman–Crippen MR) is 64.6 cm³/mol. The van der Waals surface area contributed by atoms with Crippen LogP contribution in [-0.2, 0) is 4.79 Å². The third kappa shape index (κ3) is 3.11. The molecule has 5 nitrogen and oxygen atoms in total. The predicted octanol–water partition coefficient (Wildman–Crippen LogP) is 0.803. The zero-order valence-electron chi connectivity index (χ0n) is 10.4. The fraction of sp³-hybridized carbons (Fsp3) is 0.833. The van der Waals surface area contributed by atoms with Crippen LogP contribution in [0.25, 0.3) is 0 Å². The molecule has 1 N–H and O–H groups in total. The van der Waals surface area contributed by atoms with Crippen LogP contribution < -0.4 is 5.32 Å². The third-order valence-electron chi connectivity index (χ3n) is 3.66. The molecule has 5 heteroatoms. The summed E-state index contributed by atoms with van der Waals surface area (Å²) in [6, 6.07) is 0.308. The molecule has 2 aliphatic rings. The molecule has 0 aromatic carbocycles. The van der Waals surface area contributed by atoms with E-state index < -0.39 is 0 Å². The van der Waals surface area contributed by atoms with Crippen LogP contribution in [0.5, 0.6) is 0 Å². The fourth-order valence-electron chi connectivity index (χ4n) is 2.52. The SMILES string of the molecule is CC(=O)N1CCC(NC(=O)N2CCCC2)CC1. The number of likely N-dealkylation sites (tertiary alicyclic amines) is 2. The minimum atomic E-state index is 0.0729. The Labute approximate surface area is 102 Å². The molecule has 96 valence electrons. The lowest BCUT2D eigenvalue weighted by Crippen LogP contribution is -2.49. The summed E-state index contributed by atoms with van der Waals surface area (Å²) < 4.78 is 0. The van der Waals surface area contributed by atoms with Gasteiger partial charge in [-0.3, -0.25) is 4.79 Å². The summed E-state index contributed by atoms with van der Waals surface area (Å²) in [7, 11) is 0. The Morgan fingerprint density at radius 1 is 1.00 bits per heavy atom. The Balaban J connectivity index is 1.74. The van der Waals surface area contributed by atoms with Crippen molar-refractivity contribution in [1.29, 1.82) is 0 Å². The van der Waals surface area contributed by atoms with Gasteiger partial charge in [0.2, 0.25) is 5.91 Å². The number of carbonyl (C=O) groups is 2. The summed E-state index contributed by atoms with van der Waals surface area (Å²) >= 11 is 0. The smallest absolute Gasteiger partial charge is 0.317 e. The molecule has 0 aliphatic carbocycles. The summed E-state index contributed by atoms with van der Waals surface area (Å²) in [5.74, 6) is 0.134. The molecule has 2 heterocycles. The summed E-state index contributed by atoms with van der Waals surface area (Å²) in [4.78, 5) is 26.8. The van der Waals surface area contributed by atoms with Crippen molar-refractivity contribution in [3.05, 3.63) is 0 Å². The van der Waals surface area contributed by atoms with Gasteiger partial charge in [-0.15, -0.1) is 0 Å². The zero-order chi connectivity index (χ0) is 12.3. The lowest BCUT2D eigenvalue weighted by molar-refractivity contribution is -0.129. The maximum absolute atomic E-state index is 11.9. The van der Waals surface area contributed by atoms with Gasteiger partial charge in [0.05, 0.1) is 0 Å². The maximum atomic E-state index is 11.9. The van der Waals surface area contributed by atoms with Crippen LogP contribution in [0.15, 0.2) is 0 Å². The van der Waals surface area contributed by atoms with Gasteiger partial charge in [0.15, 0.2) is 0 Å². The number of amides is 3. The minimum absolute atomic E-state index is 0.0729. The summed E-state index contributed by atoms with van der Waals surface area (Å²) in [5.41, 5.74) is 0. The van der Waals surface area contributed by atoms with Crippen LogP contribution in [0, 0.1) is 0 Å². The molecule has 0 spiro atoms. The molecule has 2 fully saturated rings. The lowest BCUT2D eigenvalue weighted by atomic mass is 10.1. The van der Waals surface area contributed by atoms with E-state index in [9.17, 15) is 9.59 Å². The molecule has 0 atom stereocenters. The van der Waals surface area contributed by atoms with E-state index in [4.69, 9.17) is 0 Å². The van der Waals surface area contributed by atoms with Gasteiger partial charge in [0, 0.05) is 39.1 Å². The van der Waals surface area contributed by atoms with E-state index in [0.29, 0.717) is 0 Å². The molecule has 17 heavy (non-hydrogen) atoms. The monoisotopic (exact) mass is 239 g/mol. The Morgan fingerprint density at radius 3 is 2.12 bits per heavy atom. The Kier molecular flexibility index (Phi) is 3.86. The van der Waals surface area contributed by atoms with Crippen molar-refractivity contribution in [2.24, 2.45) is 0 Å². The Hall–Kier alpha value is -1.26. The van der Waals surface area contributed by atoms with E-state index in [0.717, 1.165) is 51.9 Å². The Morgan fingerprint density at radius 2 is 1.59 bits per heavy atom. The number of rotatable bonds is 1. The number of piperidine rings is 1. The lowest BCUT2D eigenvalue weighted by Gasteiger charge is -2.32. The fourth-order valence-corrected chi connectivity index (χ4v) is 2.52. The van der Waals surface area contributed by atoms with Crippen molar-refractivity contribution in [1.82, 2.24) is 15.1 Å². The quantitative estimate of drug-likeness (QED) is 0.736. The average molecular weight is 239 g/mol. The topological polar surface area (TPSA) is 52.7 Å². The van der Waals surface area contributed by atoms with Crippen LogP contribution >= 0.6 is 0 Å². The number of nitrogens with one attached hydrogen (secondary N) is 1. The minimum Gasteiger partial charge on any atom is -0.343 e. The number of hydrogen-bond donors (Lipinski definition) is 1.